The lowest BCUT2D eigenvalue weighted by molar-refractivity contribution is -0.157. The van der Waals surface area contributed by atoms with Gasteiger partial charge in [0.2, 0.25) is 11.8 Å². The average molecular weight is 391 g/mol. The summed E-state index contributed by atoms with van der Waals surface area (Å²) in [7, 11) is 0. The van der Waals surface area contributed by atoms with E-state index >= 15 is 0 Å². The van der Waals surface area contributed by atoms with Gasteiger partial charge in [0.15, 0.2) is 0 Å². The van der Waals surface area contributed by atoms with Crippen LogP contribution in [-0.2, 0) is 14.3 Å². The van der Waals surface area contributed by atoms with E-state index in [1.165, 1.54) is 32.1 Å². The molecule has 2 amide bonds. The molecule has 5 heteroatoms. The summed E-state index contributed by atoms with van der Waals surface area (Å²) in [5, 5.41) is 0. The van der Waals surface area contributed by atoms with Gasteiger partial charge in [-0.25, -0.2) is 0 Å². The van der Waals surface area contributed by atoms with E-state index in [-0.39, 0.29) is 42.7 Å². The van der Waals surface area contributed by atoms with Crippen LogP contribution in [0.15, 0.2) is 0 Å². The molecule has 3 aliphatic carbocycles. The molecule has 4 fully saturated rings. The van der Waals surface area contributed by atoms with Crippen LogP contribution in [0.1, 0.15) is 84.5 Å². The summed E-state index contributed by atoms with van der Waals surface area (Å²) in [6.45, 7) is 4.62. The van der Waals surface area contributed by atoms with Crippen molar-refractivity contribution in [1.82, 2.24) is 9.80 Å². The fraction of sp³-hybridized carbons (Fsp3) is 0.913. The second kappa shape index (κ2) is 8.73. The van der Waals surface area contributed by atoms with E-state index in [0.29, 0.717) is 6.54 Å². The highest BCUT2D eigenvalue weighted by molar-refractivity contribution is 5.79. The summed E-state index contributed by atoms with van der Waals surface area (Å²) in [5.74, 6) is 2.02. The molecule has 5 nitrogen and oxygen atoms in total. The lowest BCUT2D eigenvalue weighted by Gasteiger charge is -2.52. The Kier molecular flexibility index (Phi) is 6.29. The Hall–Kier alpha value is -1.10. The van der Waals surface area contributed by atoms with Crippen molar-refractivity contribution in [2.45, 2.75) is 109 Å². The quantitative estimate of drug-likeness (QED) is 0.737. The predicted molar refractivity (Wildman–Crippen MR) is 109 cm³/mol. The number of piperazine rings is 1. The van der Waals surface area contributed by atoms with Gasteiger partial charge in [0, 0.05) is 19.5 Å². The highest BCUT2D eigenvalue weighted by Crippen LogP contribution is 2.41. The second-order valence-corrected chi connectivity index (χ2v) is 9.79. The maximum absolute atomic E-state index is 13.1. The van der Waals surface area contributed by atoms with Crippen LogP contribution >= 0.6 is 0 Å². The molecule has 5 unspecified atom stereocenters. The lowest BCUT2D eigenvalue weighted by atomic mass is 9.70. The van der Waals surface area contributed by atoms with Crippen LogP contribution in [-0.4, -0.2) is 59.0 Å². The van der Waals surface area contributed by atoms with Gasteiger partial charge in [0.1, 0.15) is 6.61 Å². The molecule has 0 aromatic rings. The van der Waals surface area contributed by atoms with Crippen LogP contribution in [0.2, 0.25) is 0 Å². The minimum Gasteiger partial charge on any atom is -0.368 e. The Morgan fingerprint density at radius 3 is 2.32 bits per heavy atom. The normalized spacial score (nSPS) is 38.5. The maximum atomic E-state index is 13.1. The summed E-state index contributed by atoms with van der Waals surface area (Å²) in [6.07, 6.45) is 13.7. The highest BCUT2D eigenvalue weighted by atomic mass is 16.5. The number of carbonyl (C=O) groups excluding carboxylic acids is 2. The Morgan fingerprint density at radius 1 is 0.893 bits per heavy atom. The number of fused-ring (bicyclic) bond motifs is 2. The third kappa shape index (κ3) is 4.10. The van der Waals surface area contributed by atoms with Crippen LogP contribution in [0.4, 0.5) is 0 Å². The summed E-state index contributed by atoms with van der Waals surface area (Å²) in [4.78, 5) is 29.4. The van der Waals surface area contributed by atoms with Crippen LogP contribution < -0.4 is 0 Å². The van der Waals surface area contributed by atoms with E-state index in [0.717, 1.165) is 50.4 Å². The van der Waals surface area contributed by atoms with Gasteiger partial charge in [-0.15, -0.1) is 0 Å². The second-order valence-electron chi connectivity index (χ2n) is 9.79. The van der Waals surface area contributed by atoms with Crippen LogP contribution in [0.5, 0.6) is 0 Å². The Balaban J connectivity index is 1.34. The Bertz CT molecular complexity index is 580. The van der Waals surface area contributed by atoms with Gasteiger partial charge in [-0.05, 0) is 50.9 Å². The molecule has 1 heterocycles. The smallest absolute Gasteiger partial charge is 0.248 e. The predicted octanol–water partition coefficient (Wildman–Crippen LogP) is 3.75. The van der Waals surface area contributed by atoms with Gasteiger partial charge in [-0.1, -0.05) is 38.5 Å². The first-order chi connectivity index (χ1) is 13.5. The third-order valence-electron chi connectivity index (χ3n) is 8.01. The molecule has 6 atom stereocenters. The molecule has 0 radical (unpaired) electrons. The highest BCUT2D eigenvalue weighted by Gasteiger charge is 2.44. The molecule has 28 heavy (non-hydrogen) atoms. The van der Waals surface area contributed by atoms with Gasteiger partial charge in [0.05, 0.1) is 18.2 Å². The van der Waals surface area contributed by atoms with Crippen molar-refractivity contribution in [3.05, 3.63) is 0 Å². The zero-order chi connectivity index (χ0) is 19.7. The molecule has 1 saturated heterocycles. The number of ether oxygens (including phenoxy) is 1. The molecule has 0 bridgehead atoms. The molecule has 4 aliphatic rings. The van der Waals surface area contributed by atoms with Crippen molar-refractivity contribution in [1.29, 1.82) is 0 Å². The lowest BCUT2D eigenvalue weighted by Crippen LogP contribution is -2.66. The third-order valence-corrected chi connectivity index (χ3v) is 8.01. The zero-order valence-corrected chi connectivity index (χ0v) is 17.8. The molecular formula is C23H38N2O3. The standard InChI is InChI=1S/C23H38N2O3/c1-16-14-24(21-9-5-6-10-22(21)25(16)17(2)26)23(27)15-28-20-12-11-18-7-3-4-8-19(18)13-20/h16,18-22H,3-15H2,1-2H3/t16-,18?,19?,20?,21?,22?/m0/s1. The number of carbonyl (C=O) groups is 2. The van der Waals surface area contributed by atoms with Gasteiger partial charge < -0.3 is 14.5 Å². The van der Waals surface area contributed by atoms with Crippen LogP contribution in [0.25, 0.3) is 0 Å². The number of nitrogens with zero attached hydrogens (tertiary/aromatic N) is 2. The van der Waals surface area contributed by atoms with Crippen LogP contribution in [0, 0.1) is 11.8 Å². The number of hydrogen-bond donors (Lipinski definition) is 0. The van der Waals surface area contributed by atoms with E-state index < -0.39 is 0 Å². The minimum atomic E-state index is 0.0958. The summed E-state index contributed by atoms with van der Waals surface area (Å²) >= 11 is 0. The van der Waals surface area contributed by atoms with Crippen molar-refractivity contribution in [3.63, 3.8) is 0 Å². The summed E-state index contributed by atoms with van der Waals surface area (Å²) < 4.78 is 6.16. The largest absolute Gasteiger partial charge is 0.368 e. The van der Waals surface area contributed by atoms with Gasteiger partial charge in [-0.3, -0.25) is 9.59 Å². The fourth-order valence-corrected chi connectivity index (χ4v) is 6.70. The molecule has 0 aromatic heterocycles. The van der Waals surface area contributed by atoms with Gasteiger partial charge in [0.25, 0.3) is 0 Å². The molecule has 1 aliphatic heterocycles. The van der Waals surface area contributed by atoms with Gasteiger partial charge >= 0.3 is 0 Å². The molecule has 0 aromatic carbocycles. The topological polar surface area (TPSA) is 49.9 Å². The molecule has 4 rings (SSSR count). The monoisotopic (exact) mass is 390 g/mol. The van der Waals surface area contributed by atoms with Crippen molar-refractivity contribution in [3.8, 4) is 0 Å². The number of rotatable bonds is 3. The average Bonchev–Trinajstić information content (AvgIpc) is 2.70. The van der Waals surface area contributed by atoms with Crippen molar-refractivity contribution in [2.24, 2.45) is 11.8 Å². The van der Waals surface area contributed by atoms with E-state index in [1.54, 1.807) is 6.92 Å². The number of hydrogen-bond acceptors (Lipinski definition) is 3. The minimum absolute atomic E-state index is 0.0958. The fourth-order valence-electron chi connectivity index (χ4n) is 6.70. The number of amides is 2. The zero-order valence-electron chi connectivity index (χ0n) is 17.8. The molecule has 3 saturated carbocycles. The van der Waals surface area contributed by atoms with E-state index in [2.05, 4.69) is 11.8 Å². The first-order valence-electron chi connectivity index (χ1n) is 11.7. The Morgan fingerprint density at radius 2 is 1.57 bits per heavy atom. The first-order valence-corrected chi connectivity index (χ1v) is 11.7. The maximum Gasteiger partial charge on any atom is 0.248 e. The summed E-state index contributed by atoms with van der Waals surface area (Å²) in [6, 6.07) is 0.467. The Labute approximate surface area is 170 Å². The van der Waals surface area contributed by atoms with Gasteiger partial charge in [-0.2, -0.15) is 0 Å². The molecule has 0 spiro atoms. The van der Waals surface area contributed by atoms with E-state index in [4.69, 9.17) is 4.74 Å². The summed E-state index contributed by atoms with van der Waals surface area (Å²) in [5.41, 5.74) is 0. The van der Waals surface area contributed by atoms with E-state index in [9.17, 15) is 9.59 Å². The van der Waals surface area contributed by atoms with Crippen LogP contribution in [0.3, 0.4) is 0 Å². The van der Waals surface area contributed by atoms with E-state index in [1.807, 2.05) is 4.90 Å². The SMILES string of the molecule is CC(=O)N1C2CCCCC2N(C(=O)COC2CCC3CCCCC3C2)C[C@@H]1C. The van der Waals surface area contributed by atoms with Crippen molar-refractivity contribution >= 4 is 11.8 Å². The van der Waals surface area contributed by atoms with Crippen molar-refractivity contribution < 1.29 is 14.3 Å². The van der Waals surface area contributed by atoms with Crippen molar-refractivity contribution in [2.75, 3.05) is 13.2 Å². The molecular weight excluding hydrogens is 352 g/mol. The first kappa shape index (κ1) is 20.2. The molecule has 0 N–H and O–H groups in total. The molecule has 158 valence electrons.